The van der Waals surface area contributed by atoms with Crippen LogP contribution in [0, 0.1) is 12.7 Å². The molecular weight excluding hydrogens is 702 g/mol. The number of methoxy groups -OCH3 is 1. The fourth-order valence-corrected chi connectivity index (χ4v) is 7.65. The minimum Gasteiger partial charge on any atom is -0.507 e. The number of ketones is 1. The molecule has 1 atom stereocenters. The van der Waals surface area contributed by atoms with Crippen molar-refractivity contribution in [1.29, 1.82) is 0 Å². The summed E-state index contributed by atoms with van der Waals surface area (Å²) in [6.07, 6.45) is 2.96. The van der Waals surface area contributed by atoms with Gasteiger partial charge in [0.1, 0.15) is 23.9 Å². The van der Waals surface area contributed by atoms with Gasteiger partial charge < -0.3 is 19.3 Å². The van der Waals surface area contributed by atoms with E-state index in [4.69, 9.17) is 14.2 Å². The number of benzene rings is 4. The van der Waals surface area contributed by atoms with Gasteiger partial charge in [-0.05, 0) is 72.5 Å². The van der Waals surface area contributed by atoms with E-state index in [0.29, 0.717) is 57.2 Å². The lowest BCUT2D eigenvalue weighted by molar-refractivity contribution is -0.132. The third-order valence-electron chi connectivity index (χ3n) is 8.48. The van der Waals surface area contributed by atoms with Gasteiger partial charge in [0.25, 0.3) is 5.78 Å². The SMILES string of the molecule is CCCCCOc1ccc(C2C(=C(O)c3ccc(OCc4cccc(C)c4)cc3)C(=O)C(=O)N2c2nnc(SCc3ccccc3F)s2)cc1OC. The van der Waals surface area contributed by atoms with Crippen LogP contribution in [-0.4, -0.2) is 40.7 Å². The number of carbonyl (C=O) groups excluding carboxylic acids is 2. The minimum atomic E-state index is -1.07. The van der Waals surface area contributed by atoms with Crippen molar-refractivity contribution >= 4 is 45.7 Å². The number of aryl methyl sites for hydroxylation is 1. The van der Waals surface area contributed by atoms with Crippen molar-refractivity contribution in [2.45, 2.75) is 55.9 Å². The van der Waals surface area contributed by atoms with E-state index in [1.165, 1.54) is 29.8 Å². The summed E-state index contributed by atoms with van der Waals surface area (Å²) in [6.45, 7) is 5.00. The second-order valence-electron chi connectivity index (χ2n) is 12.2. The second kappa shape index (κ2) is 16.9. The van der Waals surface area contributed by atoms with Crippen molar-refractivity contribution in [3.05, 3.63) is 130 Å². The first-order chi connectivity index (χ1) is 25.3. The molecule has 0 radical (unpaired) electrons. The molecule has 1 amide bonds. The van der Waals surface area contributed by atoms with E-state index >= 15 is 0 Å². The summed E-state index contributed by atoms with van der Waals surface area (Å²) in [7, 11) is 1.52. The molecule has 268 valence electrons. The lowest BCUT2D eigenvalue weighted by atomic mass is 9.95. The maximum absolute atomic E-state index is 14.3. The van der Waals surface area contributed by atoms with E-state index in [9.17, 15) is 19.1 Å². The van der Waals surface area contributed by atoms with Crippen LogP contribution in [0.5, 0.6) is 17.2 Å². The molecule has 12 heteroatoms. The highest BCUT2D eigenvalue weighted by molar-refractivity contribution is 8.00. The zero-order valence-electron chi connectivity index (χ0n) is 29.0. The Morgan fingerprint density at radius 3 is 2.50 bits per heavy atom. The number of rotatable bonds is 15. The summed E-state index contributed by atoms with van der Waals surface area (Å²) in [6, 6.07) is 25.3. The number of thioether (sulfide) groups is 1. The number of hydrogen-bond donors (Lipinski definition) is 1. The molecule has 1 aliphatic heterocycles. The van der Waals surface area contributed by atoms with Gasteiger partial charge in [-0.25, -0.2) is 4.39 Å². The van der Waals surface area contributed by atoms with Crippen LogP contribution in [0.1, 0.15) is 60.0 Å². The molecule has 1 fully saturated rings. The van der Waals surface area contributed by atoms with E-state index in [0.717, 1.165) is 41.7 Å². The second-order valence-corrected chi connectivity index (χ2v) is 14.3. The third-order valence-corrected chi connectivity index (χ3v) is 10.6. The molecule has 1 aromatic heterocycles. The standard InChI is InChI=1S/C40H38FN3O6S2/c1-4-5-8-20-49-32-19-16-28(22-33(32)48-3)35-34(36(45)27-14-17-30(18-15-27)50-23-26-11-9-10-25(2)21-26)37(46)38(47)44(35)39-42-43-40(52-39)51-24-29-12-6-7-13-31(29)41/h6-7,9-19,21-22,35,45H,4-5,8,20,23-24H2,1-3H3. The number of hydrogen-bond acceptors (Lipinski definition) is 10. The van der Waals surface area contributed by atoms with Gasteiger partial charge in [0.05, 0.1) is 25.3 Å². The Kier molecular flexibility index (Phi) is 11.9. The highest BCUT2D eigenvalue weighted by atomic mass is 32.2. The van der Waals surface area contributed by atoms with Crippen LogP contribution in [0.2, 0.25) is 0 Å². The van der Waals surface area contributed by atoms with Crippen LogP contribution in [-0.2, 0) is 21.9 Å². The Bertz CT molecular complexity index is 2080. The Balaban J connectivity index is 1.33. The molecule has 0 spiro atoms. The van der Waals surface area contributed by atoms with Crippen molar-refractivity contribution in [2.75, 3.05) is 18.6 Å². The van der Waals surface area contributed by atoms with Crippen molar-refractivity contribution in [3.8, 4) is 17.2 Å². The number of Topliss-reactive ketones (excluding diaryl/α,β-unsaturated/α-hetero) is 1. The number of ether oxygens (including phenoxy) is 3. The lowest BCUT2D eigenvalue weighted by Gasteiger charge is -2.23. The number of aromatic nitrogens is 2. The van der Waals surface area contributed by atoms with Gasteiger partial charge in [0.2, 0.25) is 5.13 Å². The average Bonchev–Trinajstić information content (AvgIpc) is 3.73. The summed E-state index contributed by atoms with van der Waals surface area (Å²) in [4.78, 5) is 28.9. The zero-order valence-corrected chi connectivity index (χ0v) is 30.6. The number of amides is 1. The average molecular weight is 740 g/mol. The molecule has 9 nitrogen and oxygen atoms in total. The summed E-state index contributed by atoms with van der Waals surface area (Å²) < 4.78 is 32.4. The fraction of sp³-hybridized carbons (Fsp3) is 0.250. The predicted molar refractivity (Wildman–Crippen MR) is 201 cm³/mol. The van der Waals surface area contributed by atoms with Crippen molar-refractivity contribution in [1.82, 2.24) is 10.2 Å². The molecule has 1 saturated heterocycles. The van der Waals surface area contributed by atoms with E-state index in [-0.39, 0.29) is 22.3 Å². The third kappa shape index (κ3) is 8.29. The number of unbranched alkanes of at least 4 members (excludes halogenated alkanes) is 2. The largest absolute Gasteiger partial charge is 0.507 e. The maximum atomic E-state index is 14.3. The molecule has 1 unspecified atom stereocenters. The number of aliphatic hydroxyl groups is 1. The van der Waals surface area contributed by atoms with Gasteiger partial charge in [-0.15, -0.1) is 10.2 Å². The Morgan fingerprint density at radius 1 is 0.942 bits per heavy atom. The van der Waals surface area contributed by atoms with Gasteiger partial charge in [0, 0.05) is 11.3 Å². The Morgan fingerprint density at radius 2 is 1.75 bits per heavy atom. The molecule has 0 bridgehead atoms. The lowest BCUT2D eigenvalue weighted by Crippen LogP contribution is -2.29. The predicted octanol–water partition coefficient (Wildman–Crippen LogP) is 9.06. The van der Waals surface area contributed by atoms with Gasteiger partial charge >= 0.3 is 5.91 Å². The van der Waals surface area contributed by atoms with Gasteiger partial charge in [0.15, 0.2) is 15.8 Å². The number of nitrogens with zero attached hydrogens (tertiary/aromatic N) is 3. The number of carbonyl (C=O) groups is 2. The molecule has 0 saturated carbocycles. The summed E-state index contributed by atoms with van der Waals surface area (Å²) >= 11 is 2.36. The van der Waals surface area contributed by atoms with E-state index in [2.05, 4.69) is 17.1 Å². The molecule has 2 heterocycles. The monoisotopic (exact) mass is 739 g/mol. The van der Waals surface area contributed by atoms with Crippen LogP contribution < -0.4 is 19.1 Å². The quantitative estimate of drug-likeness (QED) is 0.0281. The minimum absolute atomic E-state index is 0.118. The molecular formula is C40H38FN3O6S2. The van der Waals surface area contributed by atoms with Crippen molar-refractivity contribution in [3.63, 3.8) is 0 Å². The smallest absolute Gasteiger partial charge is 0.301 e. The van der Waals surface area contributed by atoms with Crippen LogP contribution in [0.25, 0.3) is 5.76 Å². The molecule has 6 rings (SSSR count). The van der Waals surface area contributed by atoms with Crippen LogP contribution in [0.4, 0.5) is 9.52 Å². The summed E-state index contributed by atoms with van der Waals surface area (Å²) in [5.74, 6) is -0.635. The summed E-state index contributed by atoms with van der Waals surface area (Å²) in [5.41, 5.74) is 3.35. The zero-order chi connectivity index (χ0) is 36.6. The van der Waals surface area contributed by atoms with Gasteiger partial charge in [-0.1, -0.05) is 97.0 Å². The number of anilines is 1. The molecule has 1 aliphatic rings. The van der Waals surface area contributed by atoms with Gasteiger partial charge in [-0.3, -0.25) is 14.5 Å². The maximum Gasteiger partial charge on any atom is 0.301 e. The molecule has 5 aromatic rings. The van der Waals surface area contributed by atoms with Crippen molar-refractivity contribution in [2.24, 2.45) is 0 Å². The van der Waals surface area contributed by atoms with Crippen LogP contribution in [0.15, 0.2) is 101 Å². The van der Waals surface area contributed by atoms with E-state index in [1.807, 2.05) is 31.2 Å². The first-order valence-electron chi connectivity index (χ1n) is 16.9. The normalized spacial score (nSPS) is 15.2. The van der Waals surface area contributed by atoms with Crippen LogP contribution >= 0.6 is 23.1 Å². The Hall–Kier alpha value is -5.20. The summed E-state index contributed by atoms with van der Waals surface area (Å²) in [5, 5.41) is 20.4. The van der Waals surface area contributed by atoms with Gasteiger partial charge in [-0.2, -0.15) is 0 Å². The molecule has 4 aromatic carbocycles. The van der Waals surface area contributed by atoms with Crippen LogP contribution in [0.3, 0.4) is 0 Å². The number of aliphatic hydroxyl groups excluding tert-OH is 1. The van der Waals surface area contributed by atoms with E-state index in [1.54, 1.807) is 60.7 Å². The molecule has 0 aliphatic carbocycles. The molecule has 1 N–H and O–H groups in total. The van der Waals surface area contributed by atoms with Crippen molar-refractivity contribution < 1.29 is 33.3 Å². The Labute approximate surface area is 310 Å². The first kappa shape index (κ1) is 36.6. The highest BCUT2D eigenvalue weighted by Gasteiger charge is 2.48. The van der Waals surface area contributed by atoms with E-state index < -0.39 is 17.7 Å². The number of halogens is 1. The topological polar surface area (TPSA) is 111 Å². The fourth-order valence-electron chi connectivity index (χ4n) is 5.80. The first-order valence-corrected chi connectivity index (χ1v) is 18.7. The highest BCUT2D eigenvalue weighted by Crippen LogP contribution is 2.46. The molecule has 52 heavy (non-hydrogen) atoms.